The number of aromatic nitrogens is 2. The molecule has 1 saturated heterocycles. The summed E-state index contributed by atoms with van der Waals surface area (Å²) >= 11 is 1.12. The number of methoxy groups -OCH3 is 1. The van der Waals surface area contributed by atoms with Crippen molar-refractivity contribution in [1.29, 1.82) is 0 Å². The van der Waals surface area contributed by atoms with Crippen molar-refractivity contribution in [2.45, 2.75) is 31.7 Å². The molecular formula is C24H24F2N4O2S. The summed E-state index contributed by atoms with van der Waals surface area (Å²) in [5.74, 6) is -0.957. The first kappa shape index (κ1) is 21.9. The molecule has 33 heavy (non-hydrogen) atoms. The number of fused-ring (bicyclic) bond motifs is 2. The van der Waals surface area contributed by atoms with Crippen molar-refractivity contribution < 1.29 is 18.3 Å². The van der Waals surface area contributed by atoms with Crippen LogP contribution in [0.5, 0.6) is 5.75 Å². The van der Waals surface area contributed by atoms with Gasteiger partial charge in [-0.1, -0.05) is 10.6 Å². The number of piperidine rings is 1. The van der Waals surface area contributed by atoms with Crippen molar-refractivity contribution in [3.8, 4) is 5.75 Å². The number of aryl methyl sites for hydroxylation is 1. The Morgan fingerprint density at radius 1 is 1.15 bits per heavy atom. The van der Waals surface area contributed by atoms with Crippen molar-refractivity contribution in [2.24, 2.45) is 0 Å². The van der Waals surface area contributed by atoms with Crippen LogP contribution in [0.3, 0.4) is 0 Å². The fourth-order valence-electron chi connectivity index (χ4n) is 4.97. The van der Waals surface area contributed by atoms with Gasteiger partial charge < -0.3 is 9.64 Å². The summed E-state index contributed by atoms with van der Waals surface area (Å²) in [5.41, 5.74) is 3.24. The van der Waals surface area contributed by atoms with Gasteiger partial charge in [-0.2, -0.15) is 0 Å². The van der Waals surface area contributed by atoms with Crippen LogP contribution in [0, 0.1) is 18.6 Å². The minimum atomic E-state index is -0.830. The molecule has 0 N–H and O–H groups in total. The standard InChI is InChI=1S/C24H24F2N4O2S/c1-15-22(33-28-27-15)23(31)30-14-24(18-12-17(32-2)4-6-21(18)30)7-9-29(10-8-24)13-16-3-5-19(25)20(26)11-16/h3-6,11-12H,7-10,13-14H2,1-2H3. The molecule has 1 amide bonds. The molecule has 0 atom stereocenters. The smallest absolute Gasteiger partial charge is 0.271 e. The van der Waals surface area contributed by atoms with E-state index in [0.29, 0.717) is 23.7 Å². The summed E-state index contributed by atoms with van der Waals surface area (Å²) < 4.78 is 36.3. The van der Waals surface area contributed by atoms with Crippen LogP contribution in [0.2, 0.25) is 0 Å². The molecule has 0 saturated carbocycles. The Morgan fingerprint density at radius 3 is 2.61 bits per heavy atom. The summed E-state index contributed by atoms with van der Waals surface area (Å²) in [4.78, 5) is 18.0. The first-order valence-corrected chi connectivity index (χ1v) is 11.6. The van der Waals surface area contributed by atoms with Gasteiger partial charge in [0.2, 0.25) is 0 Å². The number of carbonyl (C=O) groups excluding carboxylic acids is 1. The molecule has 2 aliphatic rings. The molecule has 0 bridgehead atoms. The van der Waals surface area contributed by atoms with Crippen LogP contribution in [-0.4, -0.2) is 47.1 Å². The van der Waals surface area contributed by atoms with Crippen LogP contribution in [0.15, 0.2) is 36.4 Å². The number of hydrogen-bond acceptors (Lipinski definition) is 6. The number of amides is 1. The highest BCUT2D eigenvalue weighted by atomic mass is 32.1. The van der Waals surface area contributed by atoms with Gasteiger partial charge in [-0.05, 0) is 85.8 Å². The van der Waals surface area contributed by atoms with Crippen molar-refractivity contribution in [1.82, 2.24) is 14.5 Å². The maximum atomic E-state index is 13.6. The molecule has 3 heterocycles. The zero-order valence-corrected chi connectivity index (χ0v) is 19.3. The number of nitrogens with zero attached hydrogens (tertiary/aromatic N) is 4. The van der Waals surface area contributed by atoms with Crippen molar-refractivity contribution >= 4 is 23.1 Å². The lowest BCUT2D eigenvalue weighted by Crippen LogP contribution is -2.45. The second-order valence-corrected chi connectivity index (χ2v) is 9.52. The number of halogens is 2. The third-order valence-corrected chi connectivity index (χ3v) is 7.64. The van der Waals surface area contributed by atoms with Gasteiger partial charge in [-0.25, -0.2) is 8.78 Å². The van der Waals surface area contributed by atoms with E-state index in [1.54, 1.807) is 20.1 Å². The van der Waals surface area contributed by atoms with Crippen LogP contribution in [0.1, 0.15) is 39.3 Å². The Kier molecular flexibility index (Phi) is 5.62. The van der Waals surface area contributed by atoms with Crippen molar-refractivity contribution in [2.75, 3.05) is 31.6 Å². The molecule has 1 spiro atoms. The fourth-order valence-corrected chi connectivity index (χ4v) is 5.58. The topological polar surface area (TPSA) is 58.6 Å². The monoisotopic (exact) mass is 470 g/mol. The minimum absolute atomic E-state index is 0.0741. The first-order chi connectivity index (χ1) is 15.9. The van der Waals surface area contributed by atoms with Gasteiger partial charge in [0, 0.05) is 24.2 Å². The molecule has 0 aliphatic carbocycles. The maximum absolute atomic E-state index is 13.6. The van der Waals surface area contributed by atoms with Gasteiger partial charge in [-0.15, -0.1) is 5.10 Å². The van der Waals surface area contributed by atoms with Gasteiger partial charge in [-0.3, -0.25) is 9.69 Å². The summed E-state index contributed by atoms with van der Waals surface area (Å²) in [6, 6.07) is 9.96. The van der Waals surface area contributed by atoms with Crippen molar-refractivity contribution in [3.05, 3.63) is 69.7 Å². The van der Waals surface area contributed by atoms with Gasteiger partial charge in [0.25, 0.3) is 5.91 Å². The first-order valence-electron chi connectivity index (χ1n) is 10.9. The van der Waals surface area contributed by atoms with Crippen LogP contribution in [-0.2, 0) is 12.0 Å². The van der Waals surface area contributed by atoms with E-state index in [0.717, 1.165) is 60.0 Å². The molecule has 1 aromatic heterocycles. The second kappa shape index (κ2) is 8.46. The third kappa shape index (κ3) is 3.89. The molecule has 9 heteroatoms. The van der Waals surface area contributed by atoms with Crippen molar-refractivity contribution in [3.63, 3.8) is 0 Å². The van der Waals surface area contributed by atoms with E-state index >= 15 is 0 Å². The number of likely N-dealkylation sites (tertiary alicyclic amines) is 1. The molecule has 5 rings (SSSR count). The number of benzene rings is 2. The van der Waals surface area contributed by atoms with E-state index in [1.165, 1.54) is 12.1 Å². The van der Waals surface area contributed by atoms with E-state index in [9.17, 15) is 13.6 Å². The highest BCUT2D eigenvalue weighted by Gasteiger charge is 2.47. The lowest BCUT2D eigenvalue weighted by atomic mass is 9.74. The Balaban J connectivity index is 1.39. The van der Waals surface area contributed by atoms with E-state index in [1.807, 2.05) is 23.1 Å². The second-order valence-electron chi connectivity index (χ2n) is 8.77. The average Bonchev–Trinajstić information content (AvgIpc) is 3.39. The molecule has 172 valence electrons. The maximum Gasteiger partial charge on any atom is 0.271 e. The summed E-state index contributed by atoms with van der Waals surface area (Å²) in [7, 11) is 1.64. The summed E-state index contributed by atoms with van der Waals surface area (Å²) in [6.45, 7) is 4.53. The molecular weight excluding hydrogens is 446 g/mol. The Morgan fingerprint density at radius 2 is 1.94 bits per heavy atom. The minimum Gasteiger partial charge on any atom is -0.497 e. The van der Waals surface area contributed by atoms with E-state index in [2.05, 4.69) is 14.5 Å². The van der Waals surface area contributed by atoms with Gasteiger partial charge in [0.05, 0.1) is 12.8 Å². The highest BCUT2D eigenvalue weighted by molar-refractivity contribution is 7.08. The molecule has 2 aromatic carbocycles. The molecule has 1 fully saturated rings. The van der Waals surface area contributed by atoms with E-state index < -0.39 is 11.6 Å². The number of carbonyl (C=O) groups is 1. The third-order valence-electron chi connectivity index (χ3n) is 6.82. The summed E-state index contributed by atoms with van der Waals surface area (Å²) in [6.07, 6.45) is 1.70. The Hall–Kier alpha value is -2.91. The molecule has 0 radical (unpaired) electrons. The van der Waals surface area contributed by atoms with Gasteiger partial charge >= 0.3 is 0 Å². The molecule has 0 unspecified atom stereocenters. The average molecular weight is 471 g/mol. The normalized spacial score (nSPS) is 17.4. The SMILES string of the molecule is COc1ccc2c(c1)C1(CCN(Cc3ccc(F)c(F)c3)CC1)CN2C(=O)c1snnc1C. The van der Waals surface area contributed by atoms with E-state index in [4.69, 9.17) is 4.74 Å². The molecule has 2 aliphatic heterocycles. The van der Waals surface area contributed by atoms with Crippen LogP contribution in [0.25, 0.3) is 0 Å². The Labute approximate surface area is 194 Å². The number of anilines is 1. The quantitative estimate of drug-likeness (QED) is 0.568. The lowest BCUT2D eigenvalue weighted by molar-refractivity contribution is 0.0978. The molecule has 3 aromatic rings. The fraction of sp³-hybridized carbons (Fsp3) is 0.375. The molecule has 6 nitrogen and oxygen atoms in total. The van der Waals surface area contributed by atoms with Crippen LogP contribution >= 0.6 is 11.5 Å². The number of rotatable bonds is 4. The van der Waals surface area contributed by atoms with Crippen LogP contribution in [0.4, 0.5) is 14.5 Å². The predicted molar refractivity (Wildman–Crippen MR) is 122 cm³/mol. The number of ether oxygens (including phenoxy) is 1. The van der Waals surface area contributed by atoms with Gasteiger partial charge in [0.15, 0.2) is 11.6 Å². The number of hydrogen-bond donors (Lipinski definition) is 0. The zero-order chi connectivity index (χ0) is 23.2. The largest absolute Gasteiger partial charge is 0.497 e. The predicted octanol–water partition coefficient (Wildman–Crippen LogP) is 4.33. The van der Waals surface area contributed by atoms with Crippen LogP contribution < -0.4 is 9.64 Å². The zero-order valence-electron chi connectivity index (χ0n) is 18.5. The lowest BCUT2D eigenvalue weighted by Gasteiger charge is -2.40. The Bertz CT molecular complexity index is 1210. The highest BCUT2D eigenvalue weighted by Crippen LogP contribution is 2.49. The summed E-state index contributed by atoms with van der Waals surface area (Å²) in [5, 5.41) is 4.00. The van der Waals surface area contributed by atoms with E-state index in [-0.39, 0.29) is 11.3 Å². The van der Waals surface area contributed by atoms with Gasteiger partial charge in [0.1, 0.15) is 10.6 Å².